The van der Waals surface area contributed by atoms with Gasteiger partial charge < -0.3 is 9.64 Å². The largest absolute Gasteiger partial charge is 0.488 e. The van der Waals surface area contributed by atoms with Gasteiger partial charge in [-0.1, -0.05) is 48.0 Å². The lowest BCUT2D eigenvalue weighted by Crippen LogP contribution is -2.50. The second-order valence-corrected chi connectivity index (χ2v) is 9.89. The monoisotopic (exact) mass is 458 g/mol. The van der Waals surface area contributed by atoms with Gasteiger partial charge in [-0.15, -0.1) is 0 Å². The Hall–Kier alpha value is -2.61. The van der Waals surface area contributed by atoms with E-state index in [0.29, 0.717) is 37.8 Å². The number of sulfonamides is 1. The molecule has 0 radical (unpaired) electrons. The van der Waals surface area contributed by atoms with Crippen molar-refractivity contribution in [3.63, 3.8) is 0 Å². The Morgan fingerprint density at radius 2 is 1.81 bits per heavy atom. The Bertz CT molecular complexity index is 1120. The van der Waals surface area contributed by atoms with Crippen molar-refractivity contribution >= 4 is 33.6 Å². The number of hydrogen-bond acceptors (Lipinski definition) is 4. The molecule has 0 bridgehead atoms. The first-order chi connectivity index (χ1) is 14.9. The predicted molar refractivity (Wildman–Crippen MR) is 121 cm³/mol. The van der Waals surface area contributed by atoms with E-state index in [4.69, 9.17) is 16.3 Å². The molecule has 2 aliphatic rings. The number of nitrogens with zero attached hydrogens (tertiary/aromatic N) is 2. The van der Waals surface area contributed by atoms with E-state index >= 15 is 0 Å². The number of hydrogen-bond donors (Lipinski definition) is 0. The van der Waals surface area contributed by atoms with Crippen molar-refractivity contribution in [2.45, 2.75) is 5.75 Å². The number of rotatable bonds is 5. The van der Waals surface area contributed by atoms with Gasteiger partial charge in [0, 0.05) is 42.8 Å². The Labute approximate surface area is 187 Å². The molecule has 8 heteroatoms. The summed E-state index contributed by atoms with van der Waals surface area (Å²) in [5, 5.41) is 0.625. The molecule has 4 rings (SSSR count). The number of benzene rings is 2. The molecule has 2 heterocycles. The molecule has 0 saturated carbocycles. The molecule has 1 fully saturated rings. The van der Waals surface area contributed by atoms with E-state index in [-0.39, 0.29) is 11.7 Å². The van der Waals surface area contributed by atoms with Crippen molar-refractivity contribution in [3.05, 3.63) is 82.4 Å². The van der Waals surface area contributed by atoms with Crippen LogP contribution in [0.5, 0.6) is 5.75 Å². The van der Waals surface area contributed by atoms with Gasteiger partial charge in [-0.2, -0.15) is 4.31 Å². The summed E-state index contributed by atoms with van der Waals surface area (Å²) in [6.45, 7) is 1.71. The molecule has 1 saturated heterocycles. The van der Waals surface area contributed by atoms with E-state index in [1.165, 1.54) is 10.4 Å². The molecule has 2 aliphatic heterocycles. The van der Waals surface area contributed by atoms with Crippen molar-refractivity contribution in [2.75, 3.05) is 32.8 Å². The number of carbonyl (C=O) groups is 1. The van der Waals surface area contributed by atoms with Crippen molar-refractivity contribution in [3.8, 4) is 5.75 Å². The summed E-state index contributed by atoms with van der Waals surface area (Å²) in [7, 11) is -3.41. The Morgan fingerprint density at radius 1 is 1.06 bits per heavy atom. The normalized spacial score (nSPS) is 17.2. The van der Waals surface area contributed by atoms with Crippen LogP contribution in [-0.2, 0) is 20.6 Å². The van der Waals surface area contributed by atoms with Crippen LogP contribution in [0.25, 0.3) is 6.08 Å². The lowest BCUT2D eigenvalue weighted by Gasteiger charge is -2.33. The van der Waals surface area contributed by atoms with Crippen LogP contribution in [0.3, 0.4) is 0 Å². The van der Waals surface area contributed by atoms with Gasteiger partial charge in [-0.25, -0.2) is 8.42 Å². The number of ether oxygens (including phenoxy) is 1. The van der Waals surface area contributed by atoms with Crippen LogP contribution in [0.4, 0.5) is 0 Å². The van der Waals surface area contributed by atoms with Gasteiger partial charge in [0.2, 0.25) is 15.9 Å². The van der Waals surface area contributed by atoms with Crippen molar-refractivity contribution in [2.24, 2.45) is 0 Å². The van der Waals surface area contributed by atoms with E-state index in [9.17, 15) is 13.2 Å². The number of piperazine rings is 1. The highest BCUT2D eigenvalue weighted by atomic mass is 35.5. The summed E-state index contributed by atoms with van der Waals surface area (Å²) in [5.41, 5.74) is 2.50. The fourth-order valence-corrected chi connectivity index (χ4v) is 5.31. The first-order valence-electron chi connectivity index (χ1n) is 10.0. The van der Waals surface area contributed by atoms with Crippen LogP contribution >= 0.6 is 11.6 Å². The third-order valence-electron chi connectivity index (χ3n) is 5.28. The minimum Gasteiger partial charge on any atom is -0.488 e. The molecule has 0 atom stereocenters. The standard InChI is InChI=1S/C23H23ClN2O4S/c24-21-7-8-22-20(15-21)14-19(16-30-22)6-9-23(27)25-10-12-26(13-11-25)31(28,29)17-18-4-2-1-3-5-18/h1-9,14-15H,10-13,16-17H2/b9-6+. The lowest BCUT2D eigenvalue weighted by atomic mass is 10.1. The number of carbonyl (C=O) groups excluding carboxylic acids is 1. The van der Waals surface area contributed by atoms with Crippen LogP contribution in [0, 0.1) is 0 Å². The predicted octanol–water partition coefficient (Wildman–Crippen LogP) is 3.35. The van der Waals surface area contributed by atoms with E-state index in [0.717, 1.165) is 22.4 Å². The van der Waals surface area contributed by atoms with E-state index in [1.54, 1.807) is 29.2 Å². The number of amides is 1. The molecule has 0 N–H and O–H groups in total. The quantitative estimate of drug-likeness (QED) is 0.644. The smallest absolute Gasteiger partial charge is 0.246 e. The Morgan fingerprint density at radius 3 is 2.55 bits per heavy atom. The Balaban J connectivity index is 1.33. The van der Waals surface area contributed by atoms with Crippen LogP contribution in [-0.4, -0.2) is 56.3 Å². The maximum atomic E-state index is 12.7. The van der Waals surface area contributed by atoms with Crippen LogP contribution in [0.1, 0.15) is 11.1 Å². The van der Waals surface area contributed by atoms with Crippen molar-refractivity contribution < 1.29 is 17.9 Å². The highest BCUT2D eigenvalue weighted by Gasteiger charge is 2.28. The van der Waals surface area contributed by atoms with Gasteiger partial charge in [0.15, 0.2) is 0 Å². The SMILES string of the molecule is O=C(/C=C/C1=Cc2cc(Cl)ccc2OC1)N1CCN(S(=O)(=O)Cc2ccccc2)CC1. The van der Waals surface area contributed by atoms with Gasteiger partial charge in [-0.05, 0) is 35.4 Å². The van der Waals surface area contributed by atoms with E-state index in [1.807, 2.05) is 36.4 Å². The fraction of sp³-hybridized carbons (Fsp3) is 0.261. The van der Waals surface area contributed by atoms with Crippen molar-refractivity contribution in [1.82, 2.24) is 9.21 Å². The summed E-state index contributed by atoms with van der Waals surface area (Å²) in [6, 6.07) is 14.5. The molecule has 2 aromatic rings. The molecular weight excluding hydrogens is 436 g/mol. The minimum absolute atomic E-state index is 0.0265. The highest BCUT2D eigenvalue weighted by molar-refractivity contribution is 7.88. The highest BCUT2D eigenvalue weighted by Crippen LogP contribution is 2.29. The molecule has 162 valence electrons. The second kappa shape index (κ2) is 9.26. The van der Waals surface area contributed by atoms with Gasteiger partial charge >= 0.3 is 0 Å². The molecule has 0 spiro atoms. The van der Waals surface area contributed by atoms with Crippen LogP contribution < -0.4 is 4.74 Å². The lowest BCUT2D eigenvalue weighted by molar-refractivity contribution is -0.127. The zero-order valence-electron chi connectivity index (χ0n) is 16.9. The van der Waals surface area contributed by atoms with E-state index < -0.39 is 10.0 Å². The number of fused-ring (bicyclic) bond motifs is 1. The zero-order chi connectivity index (χ0) is 21.8. The first-order valence-corrected chi connectivity index (χ1v) is 12.0. The van der Waals surface area contributed by atoms with Gasteiger partial charge in [0.1, 0.15) is 12.4 Å². The summed E-state index contributed by atoms with van der Waals surface area (Å²) in [6.07, 6.45) is 5.20. The average Bonchev–Trinajstić information content (AvgIpc) is 2.77. The molecule has 31 heavy (non-hydrogen) atoms. The molecular formula is C23H23ClN2O4S. The van der Waals surface area contributed by atoms with Gasteiger partial charge in [0.05, 0.1) is 5.75 Å². The minimum atomic E-state index is -3.41. The summed E-state index contributed by atoms with van der Waals surface area (Å²) in [5.74, 6) is 0.597. The molecule has 1 amide bonds. The third-order valence-corrected chi connectivity index (χ3v) is 7.37. The molecule has 0 unspecified atom stereocenters. The Kier molecular flexibility index (Phi) is 6.46. The molecule has 2 aromatic carbocycles. The topological polar surface area (TPSA) is 66.9 Å². The van der Waals surface area contributed by atoms with Gasteiger partial charge in [-0.3, -0.25) is 4.79 Å². The van der Waals surface area contributed by atoms with E-state index in [2.05, 4.69) is 0 Å². The third kappa shape index (κ3) is 5.36. The average molecular weight is 459 g/mol. The van der Waals surface area contributed by atoms with Crippen LogP contribution in [0.15, 0.2) is 66.3 Å². The maximum Gasteiger partial charge on any atom is 0.246 e. The fourth-order valence-electron chi connectivity index (χ4n) is 3.61. The first kappa shape index (κ1) is 21.6. The summed E-state index contributed by atoms with van der Waals surface area (Å²) in [4.78, 5) is 14.2. The van der Waals surface area contributed by atoms with Crippen molar-refractivity contribution in [1.29, 1.82) is 0 Å². The number of halogens is 1. The summed E-state index contributed by atoms with van der Waals surface area (Å²) < 4.78 is 32.5. The summed E-state index contributed by atoms with van der Waals surface area (Å²) >= 11 is 6.03. The van der Waals surface area contributed by atoms with Gasteiger partial charge in [0.25, 0.3) is 0 Å². The molecule has 6 nitrogen and oxygen atoms in total. The van der Waals surface area contributed by atoms with Crippen LogP contribution in [0.2, 0.25) is 5.02 Å². The molecule has 0 aliphatic carbocycles. The second-order valence-electron chi connectivity index (χ2n) is 7.49. The maximum absolute atomic E-state index is 12.7. The zero-order valence-corrected chi connectivity index (χ0v) is 18.5. The molecule has 0 aromatic heterocycles.